The molecule has 0 bridgehead atoms. The van der Waals surface area contributed by atoms with Gasteiger partial charge in [0.1, 0.15) is 4.90 Å². The van der Waals surface area contributed by atoms with E-state index in [1.807, 2.05) is 19.4 Å². The first-order valence-electron chi connectivity index (χ1n) is 7.26. The molecular formula is C14H25N3O2S2. The summed E-state index contributed by atoms with van der Waals surface area (Å²) in [4.78, 5) is 3.61. The number of nitrogens with zero attached hydrogens (tertiary/aromatic N) is 2. The second-order valence-corrected chi connectivity index (χ2v) is 8.64. The Morgan fingerprint density at radius 1 is 1.38 bits per heavy atom. The number of hydrogen-bond acceptors (Lipinski definition) is 5. The van der Waals surface area contributed by atoms with E-state index in [1.54, 1.807) is 4.31 Å². The van der Waals surface area contributed by atoms with Crippen molar-refractivity contribution in [1.29, 1.82) is 0 Å². The van der Waals surface area contributed by atoms with Crippen LogP contribution in [0.25, 0.3) is 0 Å². The van der Waals surface area contributed by atoms with E-state index in [4.69, 9.17) is 0 Å². The highest BCUT2D eigenvalue weighted by Gasteiger charge is 2.33. The second kappa shape index (κ2) is 6.75. The highest BCUT2D eigenvalue weighted by Crippen LogP contribution is 2.31. The van der Waals surface area contributed by atoms with E-state index in [1.165, 1.54) is 11.3 Å². The molecule has 0 aliphatic carbocycles. The van der Waals surface area contributed by atoms with Crippen molar-refractivity contribution < 1.29 is 8.42 Å². The van der Waals surface area contributed by atoms with Gasteiger partial charge in [0, 0.05) is 30.6 Å². The van der Waals surface area contributed by atoms with Gasteiger partial charge in [-0.25, -0.2) is 8.42 Å². The summed E-state index contributed by atoms with van der Waals surface area (Å²) >= 11 is 1.52. The molecule has 1 fully saturated rings. The fourth-order valence-corrected chi connectivity index (χ4v) is 6.09. The molecule has 0 aromatic carbocycles. The summed E-state index contributed by atoms with van der Waals surface area (Å²) in [5.41, 5.74) is 0.861. The highest BCUT2D eigenvalue weighted by atomic mass is 32.2. The fraction of sp³-hybridized carbons (Fsp3) is 0.714. The van der Waals surface area contributed by atoms with Crippen molar-refractivity contribution in [3.63, 3.8) is 0 Å². The minimum absolute atomic E-state index is 0.483. The lowest BCUT2D eigenvalue weighted by atomic mass is 10.1. The van der Waals surface area contributed by atoms with E-state index < -0.39 is 10.0 Å². The Balaban J connectivity index is 2.22. The zero-order valence-electron chi connectivity index (χ0n) is 13.2. The smallest absolute Gasteiger partial charge is 0.244 e. The third-order valence-corrected chi connectivity index (χ3v) is 7.44. The first-order valence-corrected chi connectivity index (χ1v) is 9.58. The van der Waals surface area contributed by atoms with Crippen LogP contribution < -0.4 is 5.32 Å². The molecule has 1 aromatic heterocycles. The summed E-state index contributed by atoms with van der Waals surface area (Å²) < 4.78 is 27.5. The Morgan fingerprint density at radius 3 is 2.52 bits per heavy atom. The Hall–Kier alpha value is -0.470. The molecule has 1 aliphatic heterocycles. The van der Waals surface area contributed by atoms with E-state index in [0.717, 1.165) is 23.3 Å². The molecule has 0 spiro atoms. The van der Waals surface area contributed by atoms with Crippen molar-refractivity contribution in [2.75, 3.05) is 34.2 Å². The quantitative estimate of drug-likeness (QED) is 0.888. The van der Waals surface area contributed by atoms with Crippen molar-refractivity contribution >= 4 is 21.4 Å². The average Bonchev–Trinajstić information content (AvgIpc) is 2.81. The number of sulfonamides is 1. The lowest BCUT2D eigenvalue weighted by Crippen LogP contribution is -2.44. The van der Waals surface area contributed by atoms with E-state index in [-0.39, 0.29) is 0 Å². The van der Waals surface area contributed by atoms with Gasteiger partial charge in [0.25, 0.3) is 0 Å². The van der Waals surface area contributed by atoms with Crippen molar-refractivity contribution in [2.24, 2.45) is 0 Å². The number of rotatable bonds is 5. The third kappa shape index (κ3) is 3.48. The Labute approximate surface area is 132 Å². The molecule has 120 valence electrons. The number of piperidine rings is 1. The van der Waals surface area contributed by atoms with Crippen LogP contribution in [0.1, 0.15) is 23.3 Å². The van der Waals surface area contributed by atoms with Crippen LogP contribution in [0.3, 0.4) is 0 Å². The van der Waals surface area contributed by atoms with E-state index in [2.05, 4.69) is 24.3 Å². The fourth-order valence-electron chi connectivity index (χ4n) is 2.84. The topological polar surface area (TPSA) is 52.7 Å². The number of thiophene rings is 1. The summed E-state index contributed by atoms with van der Waals surface area (Å²) in [5, 5.41) is 4.99. The average molecular weight is 332 g/mol. The Bertz CT molecular complexity index is 573. The molecule has 0 atom stereocenters. The lowest BCUT2D eigenvalue weighted by molar-refractivity contribution is 0.196. The molecule has 2 rings (SSSR count). The summed E-state index contributed by atoms with van der Waals surface area (Å²) in [7, 11) is 2.59. The van der Waals surface area contributed by atoms with Gasteiger partial charge >= 0.3 is 0 Å². The molecule has 1 N–H and O–H groups in total. The third-order valence-electron chi connectivity index (χ3n) is 4.08. The standard InChI is InChI=1S/C14H25N3O2S2/c1-11-10-20-13(9-15-2)14(11)21(18,19)17-7-5-12(6-8-17)16(3)4/h10,12,15H,5-9H2,1-4H3. The molecule has 0 radical (unpaired) electrons. The Morgan fingerprint density at radius 2 is 2.00 bits per heavy atom. The van der Waals surface area contributed by atoms with Gasteiger partial charge in [-0.3, -0.25) is 0 Å². The van der Waals surface area contributed by atoms with Crippen LogP contribution in [0.5, 0.6) is 0 Å². The highest BCUT2D eigenvalue weighted by molar-refractivity contribution is 7.89. The maximum absolute atomic E-state index is 12.9. The number of nitrogens with one attached hydrogen (secondary N) is 1. The molecule has 2 heterocycles. The van der Waals surface area contributed by atoms with E-state index >= 15 is 0 Å². The maximum atomic E-state index is 12.9. The molecule has 21 heavy (non-hydrogen) atoms. The normalized spacial score (nSPS) is 18.5. The van der Waals surface area contributed by atoms with E-state index in [0.29, 0.717) is 30.6 Å². The lowest BCUT2D eigenvalue weighted by Gasteiger charge is -2.34. The summed E-state index contributed by atoms with van der Waals surface area (Å²) in [5.74, 6) is 0. The van der Waals surface area contributed by atoms with Gasteiger partial charge in [-0.2, -0.15) is 4.31 Å². The van der Waals surface area contributed by atoms with Crippen molar-refractivity contribution in [3.05, 3.63) is 15.8 Å². The Kier molecular flexibility index (Phi) is 5.43. The zero-order chi connectivity index (χ0) is 15.6. The van der Waals surface area contributed by atoms with Crippen LogP contribution in [0, 0.1) is 6.92 Å². The van der Waals surface area contributed by atoms with Crippen molar-refractivity contribution in [3.8, 4) is 0 Å². The largest absolute Gasteiger partial charge is 0.315 e. The molecule has 5 nitrogen and oxygen atoms in total. The van der Waals surface area contributed by atoms with Crippen LogP contribution in [0.4, 0.5) is 0 Å². The van der Waals surface area contributed by atoms with Crippen LogP contribution >= 0.6 is 11.3 Å². The van der Waals surface area contributed by atoms with Crippen LogP contribution in [-0.2, 0) is 16.6 Å². The van der Waals surface area contributed by atoms with Crippen LogP contribution in [0.15, 0.2) is 10.3 Å². The van der Waals surface area contributed by atoms with Crippen molar-refractivity contribution in [1.82, 2.24) is 14.5 Å². The first kappa shape index (κ1) is 16.9. The molecule has 1 aliphatic rings. The minimum Gasteiger partial charge on any atom is -0.315 e. The van der Waals surface area contributed by atoms with Gasteiger partial charge in [0.15, 0.2) is 0 Å². The van der Waals surface area contributed by atoms with Gasteiger partial charge < -0.3 is 10.2 Å². The summed E-state index contributed by atoms with van der Waals surface area (Å²) in [6.45, 7) is 3.70. The van der Waals surface area contributed by atoms with E-state index in [9.17, 15) is 8.42 Å². The monoisotopic (exact) mass is 331 g/mol. The number of hydrogen-bond donors (Lipinski definition) is 1. The van der Waals surface area contributed by atoms with Gasteiger partial charge in [-0.05, 0) is 51.9 Å². The number of aryl methyl sites for hydroxylation is 1. The van der Waals surface area contributed by atoms with Gasteiger partial charge in [0.2, 0.25) is 10.0 Å². The molecule has 0 saturated carbocycles. The van der Waals surface area contributed by atoms with Crippen LogP contribution in [0.2, 0.25) is 0 Å². The molecule has 0 amide bonds. The SMILES string of the molecule is CNCc1scc(C)c1S(=O)(=O)N1CCC(N(C)C)CC1. The minimum atomic E-state index is -3.37. The molecular weight excluding hydrogens is 306 g/mol. The predicted octanol–water partition coefficient (Wildman–Crippen LogP) is 1.49. The molecule has 1 saturated heterocycles. The first-order chi connectivity index (χ1) is 9.87. The molecule has 1 aromatic rings. The zero-order valence-corrected chi connectivity index (χ0v) is 14.9. The van der Waals surface area contributed by atoms with Gasteiger partial charge in [0.05, 0.1) is 0 Å². The maximum Gasteiger partial charge on any atom is 0.244 e. The van der Waals surface area contributed by atoms with Crippen LogP contribution in [-0.4, -0.2) is 57.9 Å². The van der Waals surface area contributed by atoms with Crippen molar-refractivity contribution in [2.45, 2.75) is 37.2 Å². The second-order valence-electron chi connectivity index (χ2n) is 5.80. The summed E-state index contributed by atoms with van der Waals surface area (Å²) in [6.07, 6.45) is 1.80. The molecule has 0 unspecified atom stereocenters. The predicted molar refractivity (Wildman–Crippen MR) is 87.3 cm³/mol. The molecule has 7 heteroatoms. The summed E-state index contributed by atoms with van der Waals surface area (Å²) in [6, 6.07) is 0.483. The van der Waals surface area contributed by atoms with Gasteiger partial charge in [-0.15, -0.1) is 11.3 Å². The van der Waals surface area contributed by atoms with Gasteiger partial charge in [-0.1, -0.05) is 0 Å².